The molecule has 0 saturated carbocycles. The second kappa shape index (κ2) is 11.4. The average molecular weight is 666 g/mol. The fraction of sp³-hybridized carbons (Fsp3) is 0.0417. The van der Waals surface area contributed by atoms with E-state index in [0.29, 0.717) is 5.82 Å². The summed E-state index contributed by atoms with van der Waals surface area (Å²) in [6, 6.07) is 53.6. The number of para-hydroxylation sites is 2. The first kappa shape index (κ1) is 29.0. The maximum absolute atomic E-state index is 7.11. The third kappa shape index (κ3) is 4.34. The van der Waals surface area contributed by atoms with Gasteiger partial charge in [-0.25, -0.2) is 9.97 Å². The van der Waals surface area contributed by atoms with Crippen molar-refractivity contribution in [2.75, 3.05) is 4.90 Å². The minimum absolute atomic E-state index is 0.176. The summed E-state index contributed by atoms with van der Waals surface area (Å²) in [6.07, 6.45) is 8.95. The maximum atomic E-state index is 7.11. The Kier molecular flexibility index (Phi) is 6.34. The van der Waals surface area contributed by atoms with Crippen molar-refractivity contribution in [1.29, 1.82) is 0 Å². The van der Waals surface area contributed by atoms with Crippen LogP contribution < -0.4 is 4.90 Å². The molecule has 4 nitrogen and oxygen atoms in total. The number of furan rings is 1. The molecule has 3 heterocycles. The van der Waals surface area contributed by atoms with E-state index in [0.717, 1.165) is 72.2 Å². The molecule has 2 aliphatic rings. The van der Waals surface area contributed by atoms with Crippen LogP contribution in [0.4, 0.5) is 11.4 Å². The molecule has 0 saturated heterocycles. The molecule has 2 unspecified atom stereocenters. The molecule has 9 aromatic rings. The van der Waals surface area contributed by atoms with Gasteiger partial charge in [0.25, 0.3) is 0 Å². The molecule has 0 spiro atoms. The summed E-state index contributed by atoms with van der Waals surface area (Å²) < 4.78 is 7.11. The zero-order chi connectivity index (χ0) is 34.2. The molecule has 11 rings (SSSR count). The third-order valence-electron chi connectivity index (χ3n) is 10.8. The van der Waals surface area contributed by atoms with Gasteiger partial charge in [0.15, 0.2) is 11.4 Å². The number of hydrogen-bond donors (Lipinski definition) is 0. The number of hydrogen-bond acceptors (Lipinski definition) is 4. The summed E-state index contributed by atoms with van der Waals surface area (Å²) in [5, 5.41) is 6.86. The average Bonchev–Trinajstić information content (AvgIpc) is 3.77. The molecule has 0 radical (unpaired) electrons. The molecule has 0 N–H and O–H groups in total. The summed E-state index contributed by atoms with van der Waals surface area (Å²) in [6.45, 7) is 0. The SMILES string of the molecule is C1=CC2c3ccc4c(oc5c(-c6cc(-c7ccccc7)nc(-c7cc8ccccc8c8ccccc78)n6)cccc54)c3N(c3ccccc3)C2C=C1. The van der Waals surface area contributed by atoms with Crippen LogP contribution in [0.15, 0.2) is 180 Å². The first-order valence-electron chi connectivity index (χ1n) is 17.8. The fourth-order valence-electron chi connectivity index (χ4n) is 8.45. The first-order chi connectivity index (χ1) is 25.8. The van der Waals surface area contributed by atoms with Crippen LogP contribution in [0.25, 0.3) is 77.4 Å². The van der Waals surface area contributed by atoms with Crippen molar-refractivity contribution in [3.63, 3.8) is 0 Å². The van der Waals surface area contributed by atoms with Gasteiger partial charge >= 0.3 is 0 Å². The molecule has 244 valence electrons. The molecule has 52 heavy (non-hydrogen) atoms. The summed E-state index contributed by atoms with van der Waals surface area (Å²) in [4.78, 5) is 13.1. The Balaban J connectivity index is 1.17. The number of anilines is 2. The Bertz CT molecular complexity index is 2920. The molecule has 7 aromatic carbocycles. The maximum Gasteiger partial charge on any atom is 0.161 e. The van der Waals surface area contributed by atoms with E-state index >= 15 is 0 Å². The molecule has 4 heteroatoms. The molecule has 0 amide bonds. The number of nitrogens with zero attached hydrogens (tertiary/aromatic N) is 3. The van der Waals surface area contributed by atoms with Gasteiger partial charge < -0.3 is 9.32 Å². The van der Waals surface area contributed by atoms with E-state index in [1.54, 1.807) is 0 Å². The summed E-state index contributed by atoms with van der Waals surface area (Å²) in [5.74, 6) is 0.928. The van der Waals surface area contributed by atoms with Crippen LogP contribution in [0.2, 0.25) is 0 Å². The van der Waals surface area contributed by atoms with Gasteiger partial charge in [-0.2, -0.15) is 0 Å². The highest BCUT2D eigenvalue weighted by Crippen LogP contribution is 2.52. The molecule has 0 bridgehead atoms. The van der Waals surface area contributed by atoms with E-state index in [-0.39, 0.29) is 12.0 Å². The van der Waals surface area contributed by atoms with Crippen LogP contribution in [0, 0.1) is 0 Å². The second-order valence-electron chi connectivity index (χ2n) is 13.7. The Morgan fingerprint density at radius 3 is 2.06 bits per heavy atom. The number of allylic oxidation sites excluding steroid dienone is 2. The van der Waals surface area contributed by atoms with Crippen molar-refractivity contribution in [3.05, 3.63) is 182 Å². The van der Waals surface area contributed by atoms with Crippen LogP contribution in [-0.2, 0) is 0 Å². The third-order valence-corrected chi connectivity index (χ3v) is 10.8. The van der Waals surface area contributed by atoms with Crippen LogP contribution in [0.5, 0.6) is 0 Å². The van der Waals surface area contributed by atoms with E-state index < -0.39 is 0 Å². The number of fused-ring (bicyclic) bond motifs is 10. The smallest absolute Gasteiger partial charge is 0.161 e. The van der Waals surface area contributed by atoms with Crippen LogP contribution in [-0.4, -0.2) is 16.0 Å². The van der Waals surface area contributed by atoms with Crippen molar-refractivity contribution in [3.8, 4) is 33.9 Å². The molecule has 0 fully saturated rings. The molecule has 1 aliphatic heterocycles. The van der Waals surface area contributed by atoms with Crippen molar-refractivity contribution in [1.82, 2.24) is 9.97 Å². The summed E-state index contributed by atoms with van der Waals surface area (Å²) >= 11 is 0. The van der Waals surface area contributed by atoms with Gasteiger partial charge in [-0.05, 0) is 57.4 Å². The molecule has 1 aliphatic carbocycles. The highest BCUT2D eigenvalue weighted by Gasteiger charge is 2.40. The lowest BCUT2D eigenvalue weighted by Gasteiger charge is -2.28. The highest BCUT2D eigenvalue weighted by atomic mass is 16.3. The zero-order valence-electron chi connectivity index (χ0n) is 28.1. The van der Waals surface area contributed by atoms with E-state index in [2.05, 4.69) is 175 Å². The van der Waals surface area contributed by atoms with Gasteiger partial charge in [0.1, 0.15) is 5.58 Å². The zero-order valence-corrected chi connectivity index (χ0v) is 28.1. The molecular formula is C48H31N3O. The Labute approximate surface area is 300 Å². The standard InChI is InChI=1S/C48H31N3O/c1-3-14-30(15-4-1)42-29-43(50-48(49-42)41-28-31-16-7-8-19-33(31)34-20-9-10-21-35(34)41)40-24-13-23-38-39-27-26-37-36-22-11-12-25-44(36)51(32-17-5-2-6-18-32)45(37)47(39)52-46(38)40/h1-29,36,44H. The Morgan fingerprint density at radius 1 is 0.500 bits per heavy atom. The van der Waals surface area contributed by atoms with E-state index in [1.807, 2.05) is 6.07 Å². The van der Waals surface area contributed by atoms with Crippen molar-refractivity contribution in [2.24, 2.45) is 0 Å². The predicted octanol–water partition coefficient (Wildman–Crippen LogP) is 12.4. The van der Waals surface area contributed by atoms with E-state index in [9.17, 15) is 0 Å². The highest BCUT2D eigenvalue weighted by molar-refractivity contribution is 6.15. The summed E-state index contributed by atoms with van der Waals surface area (Å²) in [7, 11) is 0. The van der Waals surface area contributed by atoms with Crippen LogP contribution in [0.3, 0.4) is 0 Å². The van der Waals surface area contributed by atoms with E-state index in [4.69, 9.17) is 14.4 Å². The monoisotopic (exact) mass is 665 g/mol. The molecular weight excluding hydrogens is 635 g/mol. The predicted molar refractivity (Wildman–Crippen MR) is 214 cm³/mol. The molecule has 2 aromatic heterocycles. The lowest BCUT2D eigenvalue weighted by molar-refractivity contribution is 0.668. The Hall–Kier alpha value is -6.78. The molecule has 2 atom stereocenters. The quantitative estimate of drug-likeness (QED) is 0.175. The largest absolute Gasteiger partial charge is 0.453 e. The first-order valence-corrected chi connectivity index (χ1v) is 17.8. The van der Waals surface area contributed by atoms with Gasteiger partial charge in [0.2, 0.25) is 0 Å². The number of benzene rings is 7. The van der Waals surface area contributed by atoms with Gasteiger partial charge in [0.05, 0.1) is 23.1 Å². The van der Waals surface area contributed by atoms with Crippen LogP contribution in [0.1, 0.15) is 11.5 Å². The fourth-order valence-corrected chi connectivity index (χ4v) is 8.45. The van der Waals surface area contributed by atoms with Crippen LogP contribution >= 0.6 is 0 Å². The van der Waals surface area contributed by atoms with Gasteiger partial charge in [0, 0.05) is 39.1 Å². The van der Waals surface area contributed by atoms with Crippen molar-refractivity contribution in [2.45, 2.75) is 12.0 Å². The van der Waals surface area contributed by atoms with Gasteiger partial charge in [-0.1, -0.05) is 146 Å². The lowest BCUT2D eigenvalue weighted by Crippen LogP contribution is -2.28. The van der Waals surface area contributed by atoms with E-state index in [1.165, 1.54) is 16.3 Å². The number of rotatable bonds is 4. The number of aromatic nitrogens is 2. The van der Waals surface area contributed by atoms with Gasteiger partial charge in [-0.15, -0.1) is 0 Å². The lowest BCUT2D eigenvalue weighted by atomic mass is 9.91. The van der Waals surface area contributed by atoms with Crippen molar-refractivity contribution >= 4 is 54.9 Å². The second-order valence-corrected chi connectivity index (χ2v) is 13.7. The minimum atomic E-state index is 0.176. The normalized spacial score (nSPS) is 16.3. The minimum Gasteiger partial charge on any atom is -0.453 e. The summed E-state index contributed by atoms with van der Waals surface area (Å²) in [5.41, 5.74) is 9.96. The van der Waals surface area contributed by atoms with Crippen molar-refractivity contribution < 1.29 is 4.42 Å². The topological polar surface area (TPSA) is 42.2 Å². The Morgan fingerprint density at radius 2 is 1.19 bits per heavy atom. The van der Waals surface area contributed by atoms with Gasteiger partial charge in [-0.3, -0.25) is 0 Å².